The van der Waals surface area contributed by atoms with Crippen LogP contribution < -0.4 is 4.74 Å². The van der Waals surface area contributed by atoms with Gasteiger partial charge in [-0.1, -0.05) is 199 Å². The molecule has 54 heavy (non-hydrogen) atoms. The van der Waals surface area contributed by atoms with Crippen molar-refractivity contribution in [2.24, 2.45) is 0 Å². The van der Waals surface area contributed by atoms with E-state index >= 15 is 0 Å². The summed E-state index contributed by atoms with van der Waals surface area (Å²) in [6.45, 7) is 7.24. The highest BCUT2D eigenvalue weighted by atomic mass is 16.5. The zero-order valence-electron chi connectivity index (χ0n) is 35.9. The number of aryl methyl sites for hydroxylation is 1. The van der Waals surface area contributed by atoms with Gasteiger partial charge < -0.3 is 19.7 Å². The van der Waals surface area contributed by atoms with Crippen LogP contribution in [0.2, 0.25) is 0 Å². The minimum Gasteiger partial charge on any atom is -0.493 e. The SMILES string of the molecule is CCCCCCCCCCCCCCCCCCOc1cc(CCCCCCCCCCCCCCC)ccc1COC(=O)CCCN(CCO)CCO. The Kier molecular flexibility index (Phi) is 37.0. The molecule has 0 heterocycles. The Morgan fingerprint density at radius 1 is 0.537 bits per heavy atom. The quantitative estimate of drug-likeness (QED) is 0.0510. The first-order valence-electron chi connectivity index (χ1n) is 23.5. The van der Waals surface area contributed by atoms with Crippen LogP contribution in [0.25, 0.3) is 0 Å². The van der Waals surface area contributed by atoms with E-state index in [-0.39, 0.29) is 25.8 Å². The van der Waals surface area contributed by atoms with Gasteiger partial charge in [0.2, 0.25) is 0 Å². The number of hydrogen-bond donors (Lipinski definition) is 2. The molecule has 0 unspecified atom stereocenters. The highest BCUT2D eigenvalue weighted by molar-refractivity contribution is 5.69. The molecule has 0 fully saturated rings. The topological polar surface area (TPSA) is 79.2 Å². The average molecular weight is 760 g/mol. The highest BCUT2D eigenvalue weighted by Crippen LogP contribution is 2.24. The molecule has 0 atom stereocenters. The molecule has 0 amide bonds. The van der Waals surface area contributed by atoms with Gasteiger partial charge in [0.15, 0.2) is 0 Å². The Hall–Kier alpha value is -1.63. The van der Waals surface area contributed by atoms with Gasteiger partial charge in [-0.15, -0.1) is 0 Å². The molecule has 2 N–H and O–H groups in total. The van der Waals surface area contributed by atoms with Gasteiger partial charge in [-0.05, 0) is 43.9 Å². The molecule has 0 radical (unpaired) electrons. The maximum atomic E-state index is 12.6. The largest absolute Gasteiger partial charge is 0.493 e. The molecule has 6 heteroatoms. The fourth-order valence-corrected chi connectivity index (χ4v) is 7.48. The van der Waals surface area contributed by atoms with Crippen molar-refractivity contribution in [2.75, 3.05) is 39.5 Å². The van der Waals surface area contributed by atoms with Gasteiger partial charge in [-0.3, -0.25) is 9.69 Å². The second kappa shape index (κ2) is 39.6. The van der Waals surface area contributed by atoms with Crippen molar-refractivity contribution < 1.29 is 24.5 Å². The predicted octanol–water partition coefficient (Wildman–Crippen LogP) is 13.1. The summed E-state index contributed by atoms with van der Waals surface area (Å²) in [7, 11) is 0. The number of unbranched alkanes of at least 4 members (excludes halogenated alkanes) is 27. The van der Waals surface area contributed by atoms with Crippen LogP contribution in [0.15, 0.2) is 18.2 Å². The van der Waals surface area contributed by atoms with Gasteiger partial charge in [0, 0.05) is 25.1 Å². The molecule has 6 nitrogen and oxygen atoms in total. The van der Waals surface area contributed by atoms with Crippen molar-refractivity contribution in [3.05, 3.63) is 29.3 Å². The Morgan fingerprint density at radius 2 is 0.963 bits per heavy atom. The number of aliphatic hydroxyl groups excluding tert-OH is 2. The Balaban J connectivity index is 2.38. The molecule has 0 spiro atoms. The first-order valence-corrected chi connectivity index (χ1v) is 23.5. The summed E-state index contributed by atoms with van der Waals surface area (Å²) >= 11 is 0. The number of rotatable bonds is 42. The second-order valence-electron chi connectivity index (χ2n) is 16.1. The number of carbonyl (C=O) groups excluding carboxylic acids is 1. The molecular formula is C48H89NO5. The zero-order chi connectivity index (χ0) is 39.0. The van der Waals surface area contributed by atoms with Crippen LogP contribution in [0.4, 0.5) is 0 Å². The lowest BCUT2D eigenvalue weighted by molar-refractivity contribution is -0.145. The normalized spacial score (nSPS) is 11.5. The van der Waals surface area contributed by atoms with E-state index in [1.54, 1.807) is 0 Å². The molecule has 1 aromatic carbocycles. The Labute approximate surface area is 334 Å². The van der Waals surface area contributed by atoms with Gasteiger partial charge in [-0.2, -0.15) is 0 Å². The summed E-state index contributed by atoms with van der Waals surface area (Å²) in [6.07, 6.45) is 41.5. The summed E-state index contributed by atoms with van der Waals surface area (Å²) in [5, 5.41) is 18.5. The fourth-order valence-electron chi connectivity index (χ4n) is 7.48. The van der Waals surface area contributed by atoms with E-state index in [0.29, 0.717) is 39.1 Å². The van der Waals surface area contributed by atoms with E-state index in [1.165, 1.54) is 185 Å². The lowest BCUT2D eigenvalue weighted by Gasteiger charge is -2.19. The number of aliphatic hydroxyl groups is 2. The minimum absolute atomic E-state index is 0.0437. The van der Waals surface area contributed by atoms with Crippen molar-refractivity contribution in [3.63, 3.8) is 0 Å². The molecular weight excluding hydrogens is 671 g/mol. The number of nitrogens with zero attached hydrogens (tertiary/aromatic N) is 1. The maximum absolute atomic E-state index is 12.6. The van der Waals surface area contributed by atoms with E-state index in [2.05, 4.69) is 32.0 Å². The van der Waals surface area contributed by atoms with Crippen LogP contribution >= 0.6 is 0 Å². The fraction of sp³-hybridized carbons (Fsp3) is 0.854. The molecule has 0 aromatic heterocycles. The van der Waals surface area contributed by atoms with Crippen LogP contribution in [0, 0.1) is 0 Å². The van der Waals surface area contributed by atoms with E-state index in [4.69, 9.17) is 9.47 Å². The minimum atomic E-state index is -0.220. The third-order valence-corrected chi connectivity index (χ3v) is 11.0. The van der Waals surface area contributed by atoms with Crippen molar-refractivity contribution in [1.82, 2.24) is 4.90 Å². The third-order valence-electron chi connectivity index (χ3n) is 11.0. The van der Waals surface area contributed by atoms with Crippen molar-refractivity contribution in [2.45, 2.75) is 226 Å². The van der Waals surface area contributed by atoms with Crippen LogP contribution in [0.1, 0.15) is 224 Å². The molecule has 0 saturated heterocycles. The molecule has 1 aromatic rings. The summed E-state index contributed by atoms with van der Waals surface area (Å²) in [5.41, 5.74) is 2.25. The lowest BCUT2D eigenvalue weighted by atomic mass is 10.0. The van der Waals surface area contributed by atoms with Gasteiger partial charge in [-0.25, -0.2) is 0 Å². The average Bonchev–Trinajstić information content (AvgIpc) is 3.17. The van der Waals surface area contributed by atoms with E-state index < -0.39 is 0 Å². The Morgan fingerprint density at radius 3 is 1.41 bits per heavy atom. The summed E-state index contributed by atoms with van der Waals surface area (Å²) in [5.74, 6) is 0.649. The van der Waals surface area contributed by atoms with Gasteiger partial charge in [0.1, 0.15) is 12.4 Å². The molecule has 316 valence electrons. The van der Waals surface area contributed by atoms with Crippen LogP contribution in [0.3, 0.4) is 0 Å². The monoisotopic (exact) mass is 760 g/mol. The number of carbonyl (C=O) groups is 1. The number of esters is 1. The standard InChI is InChI=1S/C48H89NO5/c1-3-5-7-9-11-13-15-17-18-19-21-23-25-27-29-31-42-53-47-43-45(33-30-28-26-24-22-20-16-14-12-10-8-6-4-2)35-36-46(47)44-54-48(52)34-32-37-49(38-40-50)39-41-51/h35-36,43,50-51H,3-34,37-42,44H2,1-2H3. The molecule has 0 aliphatic carbocycles. The first-order chi connectivity index (χ1) is 26.6. The second-order valence-corrected chi connectivity index (χ2v) is 16.1. The molecule has 0 aliphatic rings. The molecule has 0 aliphatic heterocycles. The lowest BCUT2D eigenvalue weighted by Crippen LogP contribution is -2.31. The molecule has 0 bridgehead atoms. The maximum Gasteiger partial charge on any atom is 0.306 e. The van der Waals surface area contributed by atoms with Gasteiger partial charge in [0.25, 0.3) is 0 Å². The first kappa shape index (κ1) is 50.4. The predicted molar refractivity (Wildman–Crippen MR) is 231 cm³/mol. The van der Waals surface area contributed by atoms with Crippen molar-refractivity contribution in [1.29, 1.82) is 0 Å². The van der Waals surface area contributed by atoms with Crippen LogP contribution in [-0.4, -0.2) is 60.5 Å². The third kappa shape index (κ3) is 31.6. The van der Waals surface area contributed by atoms with Gasteiger partial charge >= 0.3 is 5.97 Å². The molecule has 0 saturated carbocycles. The number of benzene rings is 1. The smallest absolute Gasteiger partial charge is 0.306 e. The number of ether oxygens (including phenoxy) is 2. The Bertz CT molecular complexity index is 934. The van der Waals surface area contributed by atoms with Crippen LogP contribution in [0.5, 0.6) is 5.75 Å². The van der Waals surface area contributed by atoms with E-state index in [9.17, 15) is 15.0 Å². The van der Waals surface area contributed by atoms with Crippen LogP contribution in [-0.2, 0) is 22.6 Å². The number of hydrogen-bond acceptors (Lipinski definition) is 6. The van der Waals surface area contributed by atoms with E-state index in [0.717, 1.165) is 24.2 Å². The van der Waals surface area contributed by atoms with Gasteiger partial charge in [0.05, 0.1) is 19.8 Å². The zero-order valence-corrected chi connectivity index (χ0v) is 35.9. The summed E-state index contributed by atoms with van der Waals surface area (Å²) in [6, 6.07) is 6.47. The van der Waals surface area contributed by atoms with E-state index in [1.807, 2.05) is 4.90 Å². The molecule has 1 rings (SSSR count). The summed E-state index contributed by atoms with van der Waals surface area (Å²) in [4.78, 5) is 14.6. The summed E-state index contributed by atoms with van der Waals surface area (Å²) < 4.78 is 12.1. The van der Waals surface area contributed by atoms with Crippen molar-refractivity contribution in [3.8, 4) is 5.75 Å². The van der Waals surface area contributed by atoms with Crippen molar-refractivity contribution >= 4 is 5.97 Å². The highest BCUT2D eigenvalue weighted by Gasteiger charge is 2.11.